The van der Waals surface area contributed by atoms with E-state index >= 15 is 0 Å². The number of fused-ring (bicyclic) bond motifs is 2. The molecular weight excluding hydrogens is 483 g/mol. The first-order chi connectivity index (χ1) is 17.7. The zero-order valence-electron chi connectivity index (χ0n) is 19.3. The van der Waals surface area contributed by atoms with Crippen LogP contribution in [0.1, 0.15) is 21.9 Å². The van der Waals surface area contributed by atoms with Gasteiger partial charge in [0.1, 0.15) is 11.5 Å². The number of hydrogen-bond donors (Lipinski definition) is 2. The summed E-state index contributed by atoms with van der Waals surface area (Å²) in [5.74, 6) is 1.06. The number of carbonyl (C=O) groups is 1. The van der Waals surface area contributed by atoms with Gasteiger partial charge >= 0.3 is 6.18 Å². The number of anilines is 1. The Morgan fingerprint density at radius 1 is 1.05 bits per heavy atom. The molecule has 4 heterocycles. The number of nitrogens with two attached hydrogens (primary N) is 1. The van der Waals surface area contributed by atoms with E-state index in [9.17, 15) is 18.0 Å². The van der Waals surface area contributed by atoms with Gasteiger partial charge in [0.05, 0.1) is 45.4 Å². The number of imidazole rings is 1. The quantitative estimate of drug-likeness (QED) is 0.311. The standard InChI is InChI=1S/C26H18F3N7O/c1-14-33-20-5-4-18(11-22(20)34-14)36-25(30)24(12-32-36)35-19(13-37)8-16-3-2-15(9-23(16)35)21-10-17(6-7-31-21)26(27,28)29/h2-13H,30H2,1H3,(H,33,34). The number of aldehydes is 1. The predicted molar refractivity (Wildman–Crippen MR) is 133 cm³/mol. The summed E-state index contributed by atoms with van der Waals surface area (Å²) < 4.78 is 42.9. The van der Waals surface area contributed by atoms with E-state index in [1.807, 2.05) is 25.1 Å². The summed E-state index contributed by atoms with van der Waals surface area (Å²) in [4.78, 5) is 23.7. The molecule has 0 amide bonds. The maximum absolute atomic E-state index is 13.2. The fraction of sp³-hybridized carbons (Fsp3) is 0.0769. The number of halogens is 3. The summed E-state index contributed by atoms with van der Waals surface area (Å²) in [6.45, 7) is 1.86. The molecule has 11 heteroatoms. The lowest BCUT2D eigenvalue weighted by molar-refractivity contribution is -0.137. The number of aromatic amines is 1. The van der Waals surface area contributed by atoms with E-state index in [1.165, 1.54) is 0 Å². The molecule has 0 unspecified atom stereocenters. The van der Waals surface area contributed by atoms with Gasteiger partial charge in [-0.2, -0.15) is 18.3 Å². The van der Waals surface area contributed by atoms with Gasteiger partial charge in [-0.05, 0) is 49.4 Å². The average Bonchev–Trinajstić information content (AvgIpc) is 3.55. The molecule has 3 N–H and O–H groups in total. The fourth-order valence-corrected chi connectivity index (χ4v) is 4.49. The number of aromatic nitrogens is 6. The van der Waals surface area contributed by atoms with Crippen molar-refractivity contribution < 1.29 is 18.0 Å². The van der Waals surface area contributed by atoms with Crippen LogP contribution in [0.3, 0.4) is 0 Å². The SMILES string of the molecule is Cc1nc2ccc(-n3ncc(-n4c(C=O)cc5ccc(-c6cc(C(F)(F)F)ccn6)cc54)c3N)cc2[nH]1. The fourth-order valence-electron chi connectivity index (χ4n) is 4.49. The highest BCUT2D eigenvalue weighted by atomic mass is 19.4. The number of nitrogen functional groups attached to an aromatic ring is 1. The highest BCUT2D eigenvalue weighted by Crippen LogP contribution is 2.34. The molecule has 0 saturated heterocycles. The predicted octanol–water partition coefficient (Wildman–Crippen LogP) is 5.48. The molecule has 0 atom stereocenters. The second kappa shape index (κ2) is 8.05. The molecule has 0 aliphatic rings. The van der Waals surface area contributed by atoms with Gasteiger partial charge < -0.3 is 15.3 Å². The number of benzene rings is 2. The first-order valence-corrected chi connectivity index (χ1v) is 11.2. The Labute approximate surface area is 207 Å². The maximum Gasteiger partial charge on any atom is 0.416 e. The van der Waals surface area contributed by atoms with Gasteiger partial charge in [-0.25, -0.2) is 9.67 Å². The number of alkyl halides is 3. The van der Waals surface area contributed by atoms with Crippen molar-refractivity contribution >= 4 is 34.0 Å². The van der Waals surface area contributed by atoms with E-state index < -0.39 is 11.7 Å². The summed E-state index contributed by atoms with van der Waals surface area (Å²) in [5.41, 5.74) is 9.99. The number of H-pyrrole nitrogens is 1. The first kappa shape index (κ1) is 22.5. The number of nitrogens with zero attached hydrogens (tertiary/aromatic N) is 5. The lowest BCUT2D eigenvalue weighted by atomic mass is 10.1. The minimum atomic E-state index is -4.49. The molecule has 37 heavy (non-hydrogen) atoms. The third kappa shape index (κ3) is 3.71. The molecule has 0 fully saturated rings. The van der Waals surface area contributed by atoms with Gasteiger partial charge in [-0.15, -0.1) is 0 Å². The zero-order chi connectivity index (χ0) is 25.9. The normalized spacial score (nSPS) is 12.0. The summed E-state index contributed by atoms with van der Waals surface area (Å²) in [7, 11) is 0. The van der Waals surface area contributed by atoms with Crippen LogP contribution in [0.2, 0.25) is 0 Å². The summed E-state index contributed by atoms with van der Waals surface area (Å²) >= 11 is 0. The number of aryl methyl sites for hydroxylation is 1. The molecule has 0 aliphatic carbocycles. The van der Waals surface area contributed by atoms with Crippen LogP contribution in [0.15, 0.2) is 67.0 Å². The van der Waals surface area contributed by atoms with Gasteiger partial charge in [0.15, 0.2) is 12.1 Å². The molecule has 0 radical (unpaired) electrons. The summed E-state index contributed by atoms with van der Waals surface area (Å²) in [6, 6.07) is 14.2. The van der Waals surface area contributed by atoms with Crippen molar-refractivity contribution in [3.63, 3.8) is 0 Å². The average molecular weight is 501 g/mol. The summed E-state index contributed by atoms with van der Waals surface area (Å²) in [5, 5.41) is 5.15. The molecule has 6 aromatic rings. The first-order valence-electron chi connectivity index (χ1n) is 11.2. The van der Waals surface area contributed by atoms with E-state index in [1.54, 1.807) is 39.7 Å². The zero-order valence-corrected chi connectivity index (χ0v) is 19.3. The van der Waals surface area contributed by atoms with Crippen LogP contribution >= 0.6 is 0 Å². The molecule has 6 rings (SSSR count). The van der Waals surface area contributed by atoms with Gasteiger partial charge in [-0.1, -0.05) is 12.1 Å². The third-order valence-electron chi connectivity index (χ3n) is 6.19. The van der Waals surface area contributed by atoms with Crippen LogP contribution in [0.4, 0.5) is 19.0 Å². The van der Waals surface area contributed by atoms with Crippen LogP contribution in [-0.4, -0.2) is 35.6 Å². The van der Waals surface area contributed by atoms with E-state index in [-0.39, 0.29) is 11.5 Å². The molecule has 0 bridgehead atoms. The second-order valence-electron chi connectivity index (χ2n) is 8.57. The number of carbonyl (C=O) groups excluding carboxylic acids is 1. The number of hydrogen-bond acceptors (Lipinski definition) is 5. The van der Waals surface area contributed by atoms with E-state index in [0.29, 0.717) is 39.8 Å². The molecule has 0 spiro atoms. The van der Waals surface area contributed by atoms with E-state index in [4.69, 9.17) is 5.73 Å². The molecule has 4 aromatic heterocycles. The highest BCUT2D eigenvalue weighted by molar-refractivity contribution is 5.94. The van der Waals surface area contributed by atoms with Crippen molar-refractivity contribution in [2.24, 2.45) is 0 Å². The lowest BCUT2D eigenvalue weighted by Gasteiger charge is -2.10. The monoisotopic (exact) mass is 501 g/mol. The number of nitrogens with one attached hydrogen (secondary N) is 1. The van der Waals surface area contributed by atoms with Crippen molar-refractivity contribution in [1.82, 2.24) is 29.3 Å². The van der Waals surface area contributed by atoms with Crippen LogP contribution < -0.4 is 5.73 Å². The van der Waals surface area contributed by atoms with Gasteiger partial charge in [-0.3, -0.25) is 9.78 Å². The topological polar surface area (TPSA) is 107 Å². The van der Waals surface area contributed by atoms with Crippen molar-refractivity contribution in [2.75, 3.05) is 5.73 Å². The Morgan fingerprint density at radius 3 is 2.68 bits per heavy atom. The van der Waals surface area contributed by atoms with E-state index in [2.05, 4.69) is 20.1 Å². The van der Waals surface area contributed by atoms with Crippen molar-refractivity contribution in [1.29, 1.82) is 0 Å². The van der Waals surface area contributed by atoms with Crippen LogP contribution in [0, 0.1) is 6.92 Å². The Bertz CT molecular complexity index is 1830. The Balaban J connectivity index is 1.49. The number of pyridine rings is 1. The maximum atomic E-state index is 13.2. The molecular formula is C26H18F3N7O. The molecule has 0 saturated carbocycles. The largest absolute Gasteiger partial charge is 0.416 e. The minimum absolute atomic E-state index is 0.156. The van der Waals surface area contributed by atoms with Crippen molar-refractivity contribution in [3.05, 3.63) is 84.1 Å². The minimum Gasteiger partial charge on any atom is -0.382 e. The summed E-state index contributed by atoms with van der Waals surface area (Å²) in [6.07, 6.45) is -1.14. The molecule has 8 nitrogen and oxygen atoms in total. The van der Waals surface area contributed by atoms with Crippen LogP contribution in [-0.2, 0) is 6.18 Å². The molecule has 0 aliphatic heterocycles. The van der Waals surface area contributed by atoms with Gasteiger partial charge in [0, 0.05) is 17.1 Å². The van der Waals surface area contributed by atoms with Gasteiger partial charge in [0.2, 0.25) is 0 Å². The number of rotatable bonds is 4. The highest BCUT2D eigenvalue weighted by Gasteiger charge is 2.31. The lowest BCUT2D eigenvalue weighted by Crippen LogP contribution is -2.06. The Morgan fingerprint density at radius 2 is 1.89 bits per heavy atom. The smallest absolute Gasteiger partial charge is 0.382 e. The Kier molecular flexibility index (Phi) is 4.90. The van der Waals surface area contributed by atoms with E-state index in [0.717, 1.165) is 35.2 Å². The van der Waals surface area contributed by atoms with Crippen LogP contribution in [0.5, 0.6) is 0 Å². The third-order valence-corrected chi connectivity index (χ3v) is 6.19. The van der Waals surface area contributed by atoms with Gasteiger partial charge in [0.25, 0.3) is 0 Å². The van der Waals surface area contributed by atoms with Crippen molar-refractivity contribution in [3.8, 4) is 22.6 Å². The Hall–Kier alpha value is -4.93. The van der Waals surface area contributed by atoms with Crippen molar-refractivity contribution in [2.45, 2.75) is 13.1 Å². The van der Waals surface area contributed by atoms with Crippen LogP contribution in [0.25, 0.3) is 44.6 Å². The molecule has 184 valence electrons. The molecule has 2 aromatic carbocycles. The second-order valence-corrected chi connectivity index (χ2v) is 8.57.